The molecule has 0 amide bonds. The van der Waals surface area contributed by atoms with E-state index in [0.29, 0.717) is 17.2 Å². The number of alkyl halides is 1. The van der Waals surface area contributed by atoms with Crippen LogP contribution < -0.4 is 0 Å². The SMILES string of the molecule is O=C(O)CCC(=O)c1ccc(C#CCCCl)s1. The molecule has 1 rings (SSSR count). The fourth-order valence-corrected chi connectivity index (χ4v) is 2.04. The Kier molecular flexibility index (Phi) is 5.75. The Morgan fingerprint density at radius 2 is 2.12 bits per heavy atom. The van der Waals surface area contributed by atoms with Gasteiger partial charge in [0.05, 0.1) is 16.2 Å². The summed E-state index contributed by atoms with van der Waals surface area (Å²) in [5.41, 5.74) is 0. The van der Waals surface area contributed by atoms with Gasteiger partial charge in [0, 0.05) is 18.7 Å². The molecule has 3 nitrogen and oxygen atoms in total. The van der Waals surface area contributed by atoms with Crippen molar-refractivity contribution in [3.8, 4) is 11.8 Å². The second-order valence-corrected chi connectivity index (χ2v) is 4.68. The topological polar surface area (TPSA) is 54.4 Å². The number of halogens is 1. The molecule has 0 aliphatic rings. The lowest BCUT2D eigenvalue weighted by molar-refractivity contribution is -0.136. The highest BCUT2D eigenvalue weighted by atomic mass is 35.5. The molecule has 0 aliphatic carbocycles. The van der Waals surface area contributed by atoms with Crippen LogP contribution in [0.1, 0.15) is 33.8 Å². The first kappa shape index (κ1) is 13.8. The van der Waals surface area contributed by atoms with Gasteiger partial charge in [0.25, 0.3) is 0 Å². The smallest absolute Gasteiger partial charge is 0.303 e. The molecule has 0 unspecified atom stereocenters. The number of hydrogen-bond acceptors (Lipinski definition) is 3. The Balaban J connectivity index is 2.59. The third-order valence-electron chi connectivity index (χ3n) is 1.88. The standard InChI is InChI=1S/C12H11ClO3S/c13-8-2-1-3-9-4-6-11(17-9)10(14)5-7-12(15)16/h4,6H,2,5,7-8H2,(H,15,16). The van der Waals surface area contributed by atoms with Crippen molar-refractivity contribution in [2.75, 3.05) is 5.88 Å². The molecule has 5 heteroatoms. The minimum atomic E-state index is -0.961. The summed E-state index contributed by atoms with van der Waals surface area (Å²) in [6, 6.07) is 3.44. The number of thiophene rings is 1. The number of aliphatic carboxylic acids is 1. The van der Waals surface area contributed by atoms with E-state index in [4.69, 9.17) is 16.7 Å². The average Bonchev–Trinajstić information content (AvgIpc) is 2.75. The fourth-order valence-electron chi connectivity index (χ4n) is 1.10. The molecule has 0 bridgehead atoms. The maximum absolute atomic E-state index is 11.6. The van der Waals surface area contributed by atoms with Gasteiger partial charge in [-0.1, -0.05) is 11.8 Å². The van der Waals surface area contributed by atoms with E-state index < -0.39 is 5.97 Å². The first-order chi connectivity index (χ1) is 8.13. The van der Waals surface area contributed by atoms with Gasteiger partial charge in [0.1, 0.15) is 0 Å². The Morgan fingerprint density at radius 3 is 2.76 bits per heavy atom. The number of ketones is 1. The minimum Gasteiger partial charge on any atom is -0.481 e. The Labute approximate surface area is 108 Å². The monoisotopic (exact) mass is 270 g/mol. The summed E-state index contributed by atoms with van der Waals surface area (Å²) in [5.74, 6) is 5.16. The van der Waals surface area contributed by atoms with Crippen molar-refractivity contribution in [3.05, 3.63) is 21.9 Å². The predicted octanol–water partition coefficient (Wildman–Crippen LogP) is 2.78. The molecule has 0 atom stereocenters. The average molecular weight is 271 g/mol. The van der Waals surface area contributed by atoms with Gasteiger partial charge in [-0.3, -0.25) is 9.59 Å². The third-order valence-corrected chi connectivity index (χ3v) is 3.11. The molecule has 0 radical (unpaired) electrons. The lowest BCUT2D eigenvalue weighted by atomic mass is 10.2. The summed E-state index contributed by atoms with van der Waals surface area (Å²) >= 11 is 6.77. The lowest BCUT2D eigenvalue weighted by Crippen LogP contribution is -2.01. The number of carboxylic acids is 1. The molecule has 1 heterocycles. The summed E-state index contributed by atoms with van der Waals surface area (Å²) in [5, 5.41) is 8.47. The molecular weight excluding hydrogens is 260 g/mol. The first-order valence-electron chi connectivity index (χ1n) is 5.03. The van der Waals surface area contributed by atoms with Gasteiger partial charge in [-0.15, -0.1) is 22.9 Å². The Morgan fingerprint density at radius 1 is 1.35 bits per heavy atom. The van der Waals surface area contributed by atoms with Gasteiger partial charge in [0.15, 0.2) is 5.78 Å². The second-order valence-electron chi connectivity index (χ2n) is 3.22. The molecule has 0 saturated heterocycles. The number of carbonyl (C=O) groups is 2. The van der Waals surface area contributed by atoms with E-state index in [1.165, 1.54) is 11.3 Å². The van der Waals surface area contributed by atoms with Crippen LogP contribution in [0.15, 0.2) is 12.1 Å². The van der Waals surface area contributed by atoms with Crippen molar-refractivity contribution in [1.82, 2.24) is 0 Å². The van der Waals surface area contributed by atoms with Crippen LogP contribution in [0.2, 0.25) is 0 Å². The van der Waals surface area contributed by atoms with Crippen LogP contribution in [0.4, 0.5) is 0 Å². The summed E-state index contributed by atoms with van der Waals surface area (Å²) in [6.07, 6.45) is 0.510. The van der Waals surface area contributed by atoms with E-state index in [0.717, 1.165) is 4.88 Å². The molecular formula is C12H11ClO3S. The minimum absolute atomic E-state index is 0.0321. The van der Waals surface area contributed by atoms with E-state index in [2.05, 4.69) is 11.8 Å². The van der Waals surface area contributed by atoms with Crippen LogP contribution in [0.5, 0.6) is 0 Å². The predicted molar refractivity (Wildman–Crippen MR) is 67.7 cm³/mol. The van der Waals surface area contributed by atoms with Crippen LogP contribution in [0, 0.1) is 11.8 Å². The molecule has 90 valence electrons. The van der Waals surface area contributed by atoms with E-state index in [9.17, 15) is 9.59 Å². The van der Waals surface area contributed by atoms with E-state index in [1.54, 1.807) is 12.1 Å². The summed E-state index contributed by atoms with van der Waals surface area (Å²) in [7, 11) is 0. The van der Waals surface area contributed by atoms with Crippen molar-refractivity contribution in [2.45, 2.75) is 19.3 Å². The number of Topliss-reactive ketones (excluding diaryl/α,β-unsaturated/α-hetero) is 1. The van der Waals surface area contributed by atoms with Crippen molar-refractivity contribution >= 4 is 34.7 Å². The van der Waals surface area contributed by atoms with E-state index in [1.807, 2.05) is 0 Å². The third kappa shape index (κ3) is 5.03. The molecule has 0 saturated carbocycles. The molecule has 1 aromatic rings. The van der Waals surface area contributed by atoms with E-state index in [-0.39, 0.29) is 18.6 Å². The van der Waals surface area contributed by atoms with Gasteiger partial charge in [-0.2, -0.15) is 0 Å². The maximum atomic E-state index is 11.6. The number of carbonyl (C=O) groups excluding carboxylic acids is 1. The van der Waals surface area contributed by atoms with Crippen LogP contribution in [-0.4, -0.2) is 22.7 Å². The summed E-state index contributed by atoms with van der Waals surface area (Å²) in [6.45, 7) is 0. The van der Waals surface area contributed by atoms with Gasteiger partial charge < -0.3 is 5.11 Å². The van der Waals surface area contributed by atoms with Gasteiger partial charge in [0.2, 0.25) is 0 Å². The number of rotatable bonds is 5. The largest absolute Gasteiger partial charge is 0.481 e. The lowest BCUT2D eigenvalue weighted by Gasteiger charge is -1.93. The molecule has 0 aliphatic heterocycles. The first-order valence-corrected chi connectivity index (χ1v) is 6.38. The summed E-state index contributed by atoms with van der Waals surface area (Å²) in [4.78, 5) is 23.3. The van der Waals surface area contributed by atoms with Crippen molar-refractivity contribution in [3.63, 3.8) is 0 Å². The van der Waals surface area contributed by atoms with Gasteiger partial charge in [-0.05, 0) is 12.1 Å². The second kappa shape index (κ2) is 7.10. The molecule has 17 heavy (non-hydrogen) atoms. The maximum Gasteiger partial charge on any atom is 0.303 e. The van der Waals surface area contributed by atoms with Crippen LogP contribution in [0.3, 0.4) is 0 Å². The zero-order valence-corrected chi connectivity index (χ0v) is 10.6. The Bertz CT molecular complexity index is 468. The highest BCUT2D eigenvalue weighted by Gasteiger charge is 2.10. The van der Waals surface area contributed by atoms with Crippen LogP contribution in [-0.2, 0) is 4.79 Å². The summed E-state index contributed by atoms with van der Waals surface area (Å²) < 4.78 is 0. The fraction of sp³-hybridized carbons (Fsp3) is 0.333. The van der Waals surface area contributed by atoms with Gasteiger partial charge >= 0.3 is 5.97 Å². The van der Waals surface area contributed by atoms with E-state index >= 15 is 0 Å². The van der Waals surface area contributed by atoms with Crippen LogP contribution in [0.25, 0.3) is 0 Å². The normalized spacial score (nSPS) is 9.47. The molecule has 1 aromatic heterocycles. The van der Waals surface area contributed by atoms with Gasteiger partial charge in [-0.25, -0.2) is 0 Å². The molecule has 0 fully saturated rings. The zero-order chi connectivity index (χ0) is 12.7. The highest BCUT2D eigenvalue weighted by molar-refractivity contribution is 7.14. The quantitative estimate of drug-likeness (QED) is 0.508. The molecule has 1 N–H and O–H groups in total. The van der Waals surface area contributed by atoms with Crippen LogP contribution >= 0.6 is 22.9 Å². The number of carboxylic acid groups (broad SMARTS) is 1. The number of hydrogen-bond donors (Lipinski definition) is 1. The van der Waals surface area contributed by atoms with Crippen molar-refractivity contribution < 1.29 is 14.7 Å². The molecule has 0 spiro atoms. The van der Waals surface area contributed by atoms with Crippen molar-refractivity contribution in [1.29, 1.82) is 0 Å². The zero-order valence-electron chi connectivity index (χ0n) is 9.03. The molecule has 0 aromatic carbocycles. The van der Waals surface area contributed by atoms with Crippen molar-refractivity contribution in [2.24, 2.45) is 0 Å². The Hall–Kier alpha value is -1.31. The highest BCUT2D eigenvalue weighted by Crippen LogP contribution is 2.17.